The molecule has 0 unspecified atom stereocenters. The molecule has 2 saturated carbocycles. The third-order valence-electron chi connectivity index (χ3n) is 7.32. The van der Waals surface area contributed by atoms with E-state index in [1.807, 2.05) is 0 Å². The van der Waals surface area contributed by atoms with Gasteiger partial charge in [-0.3, -0.25) is 19.3 Å². The summed E-state index contributed by atoms with van der Waals surface area (Å²) in [7, 11) is 0. The lowest BCUT2D eigenvalue weighted by atomic mass is 9.63. The molecule has 8 heteroatoms. The highest BCUT2D eigenvalue weighted by Gasteiger charge is 2.68. The molecule has 1 saturated heterocycles. The number of benzene rings is 1. The number of carbonyl (C=O) groups excluding carboxylic acids is 4. The average Bonchev–Trinajstić information content (AvgIpc) is 3.54. The molecule has 1 aliphatic heterocycles. The second-order valence-corrected chi connectivity index (χ2v) is 9.55. The van der Waals surface area contributed by atoms with E-state index in [4.69, 9.17) is 4.74 Å². The Kier molecular flexibility index (Phi) is 4.91. The predicted octanol–water partition coefficient (Wildman–Crippen LogP) is 2.39. The SMILES string of the molecule is CC(C)[C@@H](C(=O)OCC(=O)Nc1ccc(F)cc1)N1C(=O)[C@@H]2[C@@H]3C=C[C@H]([C@H]4C[C@H]34)[C@@H]2C1=O. The highest BCUT2D eigenvalue weighted by molar-refractivity contribution is 6.09. The fourth-order valence-electron chi connectivity index (χ4n) is 5.88. The molecule has 1 aromatic rings. The summed E-state index contributed by atoms with van der Waals surface area (Å²) in [5.74, 6) is -2.45. The number of allylic oxidation sites excluding steroid dienone is 2. The summed E-state index contributed by atoms with van der Waals surface area (Å²) in [5.41, 5.74) is 0.364. The van der Waals surface area contributed by atoms with Crippen LogP contribution in [-0.2, 0) is 23.9 Å². The molecule has 32 heavy (non-hydrogen) atoms. The number of likely N-dealkylation sites (tertiary alicyclic amines) is 1. The van der Waals surface area contributed by atoms with Crippen LogP contribution in [0, 0.1) is 47.2 Å². The van der Waals surface area contributed by atoms with Crippen molar-refractivity contribution in [3.05, 3.63) is 42.2 Å². The molecule has 6 rings (SSSR count). The Hall–Kier alpha value is -3.03. The molecule has 2 bridgehead atoms. The zero-order chi connectivity index (χ0) is 22.7. The minimum atomic E-state index is -1.07. The van der Waals surface area contributed by atoms with Crippen LogP contribution in [0.25, 0.3) is 0 Å². The molecule has 0 spiro atoms. The zero-order valence-electron chi connectivity index (χ0n) is 17.9. The molecule has 0 aromatic heterocycles. The van der Waals surface area contributed by atoms with Gasteiger partial charge in [-0.05, 0) is 60.3 Å². The van der Waals surface area contributed by atoms with Crippen molar-refractivity contribution in [2.45, 2.75) is 26.3 Å². The maximum atomic E-state index is 13.3. The topological polar surface area (TPSA) is 92.8 Å². The second kappa shape index (κ2) is 7.53. The van der Waals surface area contributed by atoms with Gasteiger partial charge in [-0.25, -0.2) is 9.18 Å². The molecule has 0 radical (unpaired) electrons. The van der Waals surface area contributed by atoms with E-state index in [2.05, 4.69) is 17.5 Å². The van der Waals surface area contributed by atoms with E-state index in [0.29, 0.717) is 17.5 Å². The molecule has 4 aliphatic carbocycles. The minimum absolute atomic E-state index is 0.0711. The van der Waals surface area contributed by atoms with Crippen molar-refractivity contribution in [2.75, 3.05) is 11.9 Å². The second-order valence-electron chi connectivity index (χ2n) is 9.55. The summed E-state index contributed by atoms with van der Waals surface area (Å²) in [6.07, 6.45) is 5.23. The summed E-state index contributed by atoms with van der Waals surface area (Å²) in [5, 5.41) is 2.51. The summed E-state index contributed by atoms with van der Waals surface area (Å²) >= 11 is 0. The molecule has 1 heterocycles. The van der Waals surface area contributed by atoms with E-state index in [0.717, 1.165) is 11.3 Å². The highest BCUT2D eigenvalue weighted by atomic mass is 19.1. The van der Waals surface area contributed by atoms with Gasteiger partial charge < -0.3 is 10.1 Å². The molecule has 5 aliphatic rings. The van der Waals surface area contributed by atoms with Crippen molar-refractivity contribution in [3.63, 3.8) is 0 Å². The highest BCUT2D eigenvalue weighted by Crippen LogP contribution is 2.65. The number of rotatable bonds is 6. The maximum Gasteiger partial charge on any atom is 0.330 e. The number of esters is 1. The van der Waals surface area contributed by atoms with E-state index in [1.54, 1.807) is 13.8 Å². The van der Waals surface area contributed by atoms with Crippen LogP contribution in [-0.4, -0.2) is 41.2 Å². The number of carbonyl (C=O) groups is 4. The van der Waals surface area contributed by atoms with Crippen molar-refractivity contribution in [3.8, 4) is 0 Å². The van der Waals surface area contributed by atoms with Gasteiger partial charge in [0.1, 0.15) is 11.9 Å². The lowest BCUT2D eigenvalue weighted by Crippen LogP contribution is -2.49. The molecule has 168 valence electrons. The first-order valence-electron chi connectivity index (χ1n) is 11.0. The number of imide groups is 1. The zero-order valence-corrected chi connectivity index (χ0v) is 17.9. The third kappa shape index (κ3) is 3.24. The van der Waals surface area contributed by atoms with Crippen molar-refractivity contribution in [1.82, 2.24) is 4.90 Å². The molecule has 3 fully saturated rings. The van der Waals surface area contributed by atoms with E-state index in [1.165, 1.54) is 24.3 Å². The van der Waals surface area contributed by atoms with Crippen LogP contribution >= 0.6 is 0 Å². The number of ether oxygens (including phenoxy) is 1. The van der Waals surface area contributed by atoms with Gasteiger partial charge in [0.25, 0.3) is 5.91 Å². The first-order chi connectivity index (χ1) is 15.3. The van der Waals surface area contributed by atoms with Gasteiger partial charge in [0.2, 0.25) is 11.8 Å². The summed E-state index contributed by atoms with van der Waals surface area (Å²) in [4.78, 5) is 52.8. The Bertz CT molecular complexity index is 984. The summed E-state index contributed by atoms with van der Waals surface area (Å²) < 4.78 is 18.2. The number of nitrogens with zero attached hydrogens (tertiary/aromatic N) is 1. The number of amides is 3. The van der Waals surface area contributed by atoms with Gasteiger partial charge in [0, 0.05) is 5.69 Å². The van der Waals surface area contributed by atoms with E-state index in [-0.39, 0.29) is 29.6 Å². The first-order valence-corrected chi connectivity index (χ1v) is 11.0. The Balaban J connectivity index is 1.27. The number of nitrogens with one attached hydrogen (secondary N) is 1. The van der Waals surface area contributed by atoms with E-state index < -0.39 is 42.2 Å². The lowest BCUT2D eigenvalue weighted by molar-refractivity contribution is -0.162. The Morgan fingerprint density at radius 2 is 1.62 bits per heavy atom. The monoisotopic (exact) mass is 440 g/mol. The molecule has 1 aromatic carbocycles. The van der Waals surface area contributed by atoms with Crippen LogP contribution in [0.2, 0.25) is 0 Å². The first kappa shape index (κ1) is 20.8. The van der Waals surface area contributed by atoms with Crippen LogP contribution in [0.4, 0.5) is 10.1 Å². The molecule has 1 N–H and O–H groups in total. The molecule has 7 atom stereocenters. The number of anilines is 1. The van der Waals surface area contributed by atoms with Crippen LogP contribution in [0.5, 0.6) is 0 Å². The summed E-state index contributed by atoms with van der Waals surface area (Å²) in [6, 6.07) is 4.11. The normalized spacial score (nSPS) is 32.6. The molecular formula is C24H25FN2O5. The van der Waals surface area contributed by atoms with Gasteiger partial charge in [-0.2, -0.15) is 0 Å². The van der Waals surface area contributed by atoms with Crippen molar-refractivity contribution < 1.29 is 28.3 Å². The van der Waals surface area contributed by atoms with Crippen LogP contribution < -0.4 is 5.32 Å². The fraction of sp³-hybridized carbons (Fsp3) is 0.500. The molecule has 7 nitrogen and oxygen atoms in total. The Morgan fingerprint density at radius 1 is 1.06 bits per heavy atom. The van der Waals surface area contributed by atoms with Crippen LogP contribution in [0.3, 0.4) is 0 Å². The fourth-order valence-corrected chi connectivity index (χ4v) is 5.88. The van der Waals surface area contributed by atoms with Crippen molar-refractivity contribution >= 4 is 29.4 Å². The van der Waals surface area contributed by atoms with E-state index >= 15 is 0 Å². The van der Waals surface area contributed by atoms with Gasteiger partial charge in [-0.1, -0.05) is 26.0 Å². The quantitative estimate of drug-likeness (QED) is 0.417. The number of halogens is 1. The molecular weight excluding hydrogens is 415 g/mol. The van der Waals surface area contributed by atoms with Crippen LogP contribution in [0.15, 0.2) is 36.4 Å². The third-order valence-corrected chi connectivity index (χ3v) is 7.32. The van der Waals surface area contributed by atoms with E-state index in [9.17, 15) is 23.6 Å². The maximum absolute atomic E-state index is 13.3. The minimum Gasteiger partial charge on any atom is -0.454 e. The Morgan fingerprint density at radius 3 is 2.16 bits per heavy atom. The molecule has 3 amide bonds. The number of hydrogen-bond donors (Lipinski definition) is 1. The average molecular weight is 440 g/mol. The van der Waals surface area contributed by atoms with Crippen molar-refractivity contribution in [1.29, 1.82) is 0 Å². The standard InChI is InChI=1S/C24H25FN2O5/c1-11(2)21(24(31)32-10-18(28)26-13-5-3-12(25)4-6-13)27-22(29)19-14-7-8-15(17-9-16(14)17)20(19)23(27)30/h3-8,11,14-17,19-21H,9-10H2,1-2H3,(H,26,28)/t14-,15-,16-,17-,19-,20+,21+/m1/s1. The largest absolute Gasteiger partial charge is 0.454 e. The van der Waals surface area contributed by atoms with Gasteiger partial charge >= 0.3 is 5.97 Å². The summed E-state index contributed by atoms with van der Waals surface area (Å²) in [6.45, 7) is 2.92. The van der Waals surface area contributed by atoms with Crippen LogP contribution in [0.1, 0.15) is 20.3 Å². The van der Waals surface area contributed by atoms with Gasteiger partial charge in [-0.15, -0.1) is 0 Å². The smallest absolute Gasteiger partial charge is 0.330 e. The number of hydrogen-bond acceptors (Lipinski definition) is 5. The van der Waals surface area contributed by atoms with Gasteiger partial charge in [0.15, 0.2) is 6.61 Å². The van der Waals surface area contributed by atoms with Crippen molar-refractivity contribution in [2.24, 2.45) is 41.4 Å². The lowest BCUT2D eigenvalue weighted by Gasteiger charge is -2.37. The predicted molar refractivity (Wildman–Crippen MR) is 111 cm³/mol. The Labute approximate surface area is 185 Å². The van der Waals surface area contributed by atoms with Gasteiger partial charge in [0.05, 0.1) is 11.8 Å².